The lowest BCUT2D eigenvalue weighted by Crippen LogP contribution is -2.60. The number of carbonyl (C=O) groups is 17. The number of imidazole rings is 1. The first-order valence-corrected chi connectivity index (χ1v) is 44.3. The van der Waals surface area contributed by atoms with Crippen LogP contribution in [0, 0.1) is 28.6 Å². The van der Waals surface area contributed by atoms with Crippen LogP contribution >= 0.6 is 35.3 Å². The molecular weight excluding hydrogens is 1640 g/mol. The fourth-order valence-electron chi connectivity index (χ4n) is 15.0. The van der Waals surface area contributed by atoms with Crippen LogP contribution in [0.3, 0.4) is 0 Å². The molecule has 10 amide bonds. The van der Waals surface area contributed by atoms with Crippen molar-refractivity contribution in [1.29, 1.82) is 5.41 Å². The predicted octanol–water partition coefficient (Wildman–Crippen LogP) is 2.63. The smallest absolute Gasteiger partial charge is 0.305 e. The third kappa shape index (κ3) is 31.2. The van der Waals surface area contributed by atoms with Crippen LogP contribution < -0.4 is 48.7 Å². The number of aliphatic carboxylic acids is 3. The number of H-pyrrole nitrogens is 1. The molecule has 0 unspecified atom stereocenters. The number of amides is 10. The number of aromatic amines is 1. The maximum atomic E-state index is 15.4. The zero-order valence-electron chi connectivity index (χ0n) is 68.8. The number of benzene rings is 3. The minimum atomic E-state index is -1.84. The van der Waals surface area contributed by atoms with E-state index < -0.39 is 223 Å². The van der Waals surface area contributed by atoms with Gasteiger partial charge in [-0.25, -0.2) is 4.98 Å². The van der Waals surface area contributed by atoms with Crippen molar-refractivity contribution in [2.75, 3.05) is 36.6 Å². The Morgan fingerprint density at radius 2 is 1.30 bits per heavy atom. The molecule has 4 heterocycles. The zero-order valence-corrected chi connectivity index (χ0v) is 71.2. The summed E-state index contributed by atoms with van der Waals surface area (Å²) in [5.41, 5.74) is 11.8. The van der Waals surface area contributed by atoms with Crippen molar-refractivity contribution in [2.45, 2.75) is 221 Å². The molecule has 38 heteroatoms. The van der Waals surface area contributed by atoms with Gasteiger partial charge in [-0.1, -0.05) is 98.3 Å². The number of carboxylic acid groups (broad SMARTS) is 3. The van der Waals surface area contributed by atoms with Gasteiger partial charge in [-0.05, 0) is 112 Å². The summed E-state index contributed by atoms with van der Waals surface area (Å²) in [6.45, 7) is 4.12. The highest BCUT2D eigenvalue weighted by Gasteiger charge is 2.47. The number of carbonyl (C=O) groups excluding carboxylic acids is 14. The molecular formula is C84H112N14O21S3. The van der Waals surface area contributed by atoms with E-state index in [0.717, 1.165) is 17.3 Å². The maximum absolute atomic E-state index is 15.4. The number of aliphatic hydroxyl groups excluding tert-OH is 1. The number of fused-ring (bicyclic) bond motifs is 4. The first-order valence-electron chi connectivity index (χ1n) is 40.6. The molecule has 3 aliphatic rings. The fourth-order valence-corrected chi connectivity index (χ4v) is 17.6. The summed E-state index contributed by atoms with van der Waals surface area (Å²) in [4.78, 5) is 250. The molecule has 0 spiro atoms. The standard InChI is InChI=1S/C84H112N14O21S3/c1-48(99)32-54(28-31-120-4)75(111)94-63-46-122-44-53-21-13-20-52(33-53)43-121-45-62(93-76(112)55(34-50-16-7-5-8-17-50)35-66(101)58(26-27-70(104)105)90-80(116)73(49(2)100)96-79(115)64-23-14-29-97(64)82(118)65-24-15-30-98(65)81(63)117)67(102)36-56(37-71(106)107)77(113)91-60(38-57-42-88-47-89-57)68(103)41-84(3,40-51-18-9-6-10-19-51)83(119)95-59(22-11-12-25-69(85)86)78(114)92-61(74(87)110)39-72(108)109/h5-10,13,16-21,33,42,47,49,54-56,58-65,73,100H,11-12,14-15,22-32,34-41,43-46H2,1-4H3,(H3,85,86)(H2,87,110)(H,88,89)(H,90,116)(H,91,113)(H,92,114)(H,93,112)(H,94,111)(H,95,119)(H,96,115)(H,104,105)(H,106,107)(H,108,109)/t49-,54-,55-,56+,58+,59+,60+,61+,62+,63+,64+,65+,73+,84-/m1/s1. The Labute approximate surface area is 719 Å². The molecule has 1 aromatic heterocycles. The van der Waals surface area contributed by atoms with Crippen LogP contribution in [0.1, 0.15) is 158 Å². The molecule has 17 N–H and O–H groups in total. The second kappa shape index (κ2) is 48.7. The summed E-state index contributed by atoms with van der Waals surface area (Å²) >= 11 is 3.89. The topological polar surface area (TPSA) is 566 Å². The number of thioether (sulfide) groups is 3. The van der Waals surface area contributed by atoms with Gasteiger partial charge in [0.15, 0.2) is 17.3 Å². The molecule has 3 aromatic carbocycles. The normalized spacial score (nSPS) is 21.1. The number of amidine groups is 1. The van der Waals surface area contributed by atoms with E-state index in [9.17, 15) is 73.2 Å². The molecule has 2 fully saturated rings. The van der Waals surface area contributed by atoms with E-state index in [1.54, 1.807) is 72.8 Å². The number of carboxylic acids is 3. The van der Waals surface area contributed by atoms with Gasteiger partial charge >= 0.3 is 17.9 Å². The van der Waals surface area contributed by atoms with Gasteiger partial charge in [-0.15, -0.1) is 0 Å². The van der Waals surface area contributed by atoms with Crippen LogP contribution in [0.25, 0.3) is 0 Å². The van der Waals surface area contributed by atoms with Crippen LogP contribution in [0.2, 0.25) is 0 Å². The molecule has 35 nitrogen and oxygen atoms in total. The highest BCUT2D eigenvalue weighted by atomic mass is 32.2. The minimum Gasteiger partial charge on any atom is -0.481 e. The van der Waals surface area contributed by atoms with Gasteiger partial charge in [0.05, 0.1) is 66.3 Å². The van der Waals surface area contributed by atoms with E-state index in [-0.39, 0.29) is 118 Å². The van der Waals surface area contributed by atoms with Crippen molar-refractivity contribution in [3.63, 3.8) is 0 Å². The van der Waals surface area contributed by atoms with Crippen LogP contribution in [0.5, 0.6) is 0 Å². The monoisotopic (exact) mass is 1750 g/mol. The van der Waals surface area contributed by atoms with Gasteiger partial charge in [-0.3, -0.25) is 82.1 Å². The Hall–Kier alpha value is -10.9. The molecule has 3 aliphatic heterocycles. The maximum Gasteiger partial charge on any atom is 0.305 e. The molecule has 2 bridgehead atoms. The summed E-state index contributed by atoms with van der Waals surface area (Å²) in [5.74, 6) is -19.9. The number of hydrogen-bond donors (Lipinski definition) is 15. The van der Waals surface area contributed by atoms with Crippen LogP contribution in [0.4, 0.5) is 0 Å². The molecule has 14 atom stereocenters. The lowest BCUT2D eigenvalue weighted by molar-refractivity contribution is -0.148. The third-order valence-electron chi connectivity index (χ3n) is 21.5. The Balaban J connectivity index is 1.26. The van der Waals surface area contributed by atoms with E-state index in [0.29, 0.717) is 41.7 Å². The molecule has 0 radical (unpaired) electrons. The first-order chi connectivity index (χ1) is 58.0. The number of nitrogens with one attached hydrogen (secondary N) is 9. The van der Waals surface area contributed by atoms with Gasteiger partial charge in [-0.2, -0.15) is 35.3 Å². The molecule has 122 heavy (non-hydrogen) atoms. The number of nitrogens with zero attached hydrogens (tertiary/aromatic N) is 3. The van der Waals surface area contributed by atoms with Crippen molar-refractivity contribution in [3.05, 3.63) is 125 Å². The summed E-state index contributed by atoms with van der Waals surface area (Å²) in [7, 11) is 0. The van der Waals surface area contributed by atoms with E-state index >= 15 is 28.8 Å². The lowest BCUT2D eigenvalue weighted by atomic mass is 9.76. The summed E-state index contributed by atoms with van der Waals surface area (Å²) < 4.78 is 0. The number of Topliss-reactive ketones (excluding diaryl/α,β-unsaturated/α-hetero) is 4. The third-order valence-corrected chi connectivity index (χ3v) is 24.4. The second-order valence-corrected chi connectivity index (χ2v) is 34.6. The van der Waals surface area contributed by atoms with E-state index in [2.05, 4.69) is 47.2 Å². The number of rotatable bonds is 39. The largest absolute Gasteiger partial charge is 0.481 e. The van der Waals surface area contributed by atoms with Gasteiger partial charge in [0, 0.05) is 99.1 Å². The average molecular weight is 1750 g/mol. The van der Waals surface area contributed by atoms with Crippen LogP contribution in [-0.2, 0) is 112 Å². The van der Waals surface area contributed by atoms with Crippen LogP contribution in [-0.4, -0.2) is 243 Å². The van der Waals surface area contributed by atoms with E-state index in [1.165, 1.54) is 66.6 Å². The number of primary amides is 1. The number of hydrogen-bond acceptors (Lipinski definition) is 23. The van der Waals surface area contributed by atoms with Gasteiger partial charge in [0.2, 0.25) is 59.1 Å². The number of unbranched alkanes of at least 4 members (excludes halogenated alkanes) is 1. The van der Waals surface area contributed by atoms with Crippen molar-refractivity contribution >= 4 is 141 Å². The molecule has 0 saturated carbocycles. The first kappa shape index (κ1) is 98.3. The fraction of sp³-hybridized carbons (Fsp3) is 0.536. The van der Waals surface area contributed by atoms with E-state index in [1.807, 2.05) is 18.4 Å². The van der Waals surface area contributed by atoms with E-state index in [4.69, 9.17) is 16.9 Å². The van der Waals surface area contributed by atoms with Crippen LogP contribution in [0.15, 0.2) is 97.5 Å². The molecule has 0 aliphatic carbocycles. The van der Waals surface area contributed by atoms with Crippen molar-refractivity contribution < 1.29 is 102 Å². The Bertz CT molecular complexity index is 4370. The Morgan fingerprint density at radius 3 is 1.90 bits per heavy atom. The highest BCUT2D eigenvalue weighted by molar-refractivity contribution is 7.99. The SMILES string of the molecule is CSCC[C@H](CC(C)=O)C(=O)N[C@H]1CSCc2cccc(c2)CSC[C@@H](C(=O)C[C@@H](CC(=O)O)C(=O)N[C@@H](Cc2c[nH]cn2)C(=O)C[C@@](C)(Cc2ccccc2)C(=O)N[C@@H](CCCCC(=N)N)C(=O)N[C@@H](CC(=O)O)C(N)=O)NC(=O)[C@H](Cc2ccccc2)CC(=O)[C@H](CCC(=O)O)NC(=O)[C@H]([C@@H](C)O)NC(=O)[C@@H]2CCCN2C(=O)[C@@H]2CCCN2C1=O. The number of aliphatic hydroxyl groups is 1. The Morgan fingerprint density at radius 1 is 0.672 bits per heavy atom. The summed E-state index contributed by atoms with van der Waals surface area (Å²) in [6.07, 6.45) is -2.01. The van der Waals surface area contributed by atoms with Gasteiger partial charge in [0.1, 0.15) is 42.0 Å². The molecule has 7 rings (SSSR count). The average Bonchev–Trinajstić information content (AvgIpc) is 1.65. The minimum absolute atomic E-state index is 0.0151. The Kier molecular flexibility index (Phi) is 39.2. The van der Waals surface area contributed by atoms with Crippen molar-refractivity contribution in [1.82, 2.24) is 57.0 Å². The molecule has 662 valence electrons. The van der Waals surface area contributed by atoms with Gasteiger partial charge in [0.25, 0.3) is 0 Å². The molecule has 4 aromatic rings. The number of ketones is 4. The second-order valence-electron chi connectivity index (χ2n) is 31.5. The molecule has 2 saturated heterocycles. The van der Waals surface area contributed by atoms with Gasteiger partial charge < -0.3 is 88.7 Å². The van der Waals surface area contributed by atoms with Crippen molar-refractivity contribution in [2.24, 2.45) is 34.6 Å². The van der Waals surface area contributed by atoms with Crippen molar-refractivity contribution in [3.8, 4) is 0 Å². The summed E-state index contributed by atoms with van der Waals surface area (Å²) in [6, 6.07) is 10.3. The highest BCUT2D eigenvalue weighted by Crippen LogP contribution is 2.32. The summed E-state index contributed by atoms with van der Waals surface area (Å²) in [5, 5.41) is 67.3. The predicted molar refractivity (Wildman–Crippen MR) is 453 cm³/mol. The number of aromatic nitrogens is 2. The zero-order chi connectivity index (χ0) is 89.3. The number of nitrogens with two attached hydrogens (primary N) is 2. The quantitative estimate of drug-likeness (QED) is 0.0173. The lowest BCUT2D eigenvalue weighted by Gasteiger charge is -2.34.